The zero-order valence-corrected chi connectivity index (χ0v) is 12.6. The van der Waals surface area contributed by atoms with Gasteiger partial charge in [-0.05, 0) is 31.4 Å². The van der Waals surface area contributed by atoms with E-state index in [9.17, 15) is 9.90 Å². The number of aliphatic carboxylic acids is 1. The summed E-state index contributed by atoms with van der Waals surface area (Å²) in [6.07, 6.45) is 4.33. The monoisotopic (exact) mass is 303 g/mol. The number of nitrogens with zero attached hydrogens (tertiary/aromatic N) is 3. The van der Waals surface area contributed by atoms with Crippen LogP contribution in [-0.2, 0) is 17.8 Å². The van der Waals surface area contributed by atoms with Crippen LogP contribution in [0.4, 0.5) is 5.13 Å². The van der Waals surface area contributed by atoms with Crippen LogP contribution in [0.25, 0.3) is 0 Å². The van der Waals surface area contributed by atoms with Crippen LogP contribution in [-0.4, -0.2) is 28.1 Å². The number of hydrogen-bond acceptors (Lipinski definition) is 5. The molecule has 0 aliphatic heterocycles. The van der Waals surface area contributed by atoms with E-state index in [1.165, 1.54) is 0 Å². The number of pyridine rings is 1. The number of rotatable bonds is 4. The van der Waals surface area contributed by atoms with Gasteiger partial charge in [0.15, 0.2) is 5.13 Å². The SMILES string of the molecule is CN(Cc1ccccn1)c1nc2c(s1)CCCC2C(=O)O. The van der Waals surface area contributed by atoms with Crippen molar-refractivity contribution in [2.75, 3.05) is 11.9 Å². The lowest BCUT2D eigenvalue weighted by molar-refractivity contribution is -0.139. The minimum atomic E-state index is -0.764. The summed E-state index contributed by atoms with van der Waals surface area (Å²) in [5, 5.41) is 10.2. The normalized spacial score (nSPS) is 17.3. The molecular weight excluding hydrogens is 286 g/mol. The summed E-state index contributed by atoms with van der Waals surface area (Å²) in [7, 11) is 1.97. The molecule has 110 valence electrons. The molecular formula is C15H17N3O2S. The first-order valence-corrected chi connectivity index (χ1v) is 7.80. The van der Waals surface area contributed by atoms with E-state index in [1.54, 1.807) is 17.5 Å². The second-order valence-corrected chi connectivity index (χ2v) is 6.33. The number of carbonyl (C=O) groups is 1. The van der Waals surface area contributed by atoms with E-state index < -0.39 is 11.9 Å². The van der Waals surface area contributed by atoms with Gasteiger partial charge >= 0.3 is 5.97 Å². The van der Waals surface area contributed by atoms with Gasteiger partial charge in [-0.15, -0.1) is 11.3 Å². The molecule has 0 saturated carbocycles. The number of thiazole rings is 1. The van der Waals surface area contributed by atoms with Crippen molar-refractivity contribution >= 4 is 22.4 Å². The lowest BCUT2D eigenvalue weighted by Gasteiger charge is -2.16. The van der Waals surface area contributed by atoms with Crippen molar-refractivity contribution in [2.45, 2.75) is 31.7 Å². The van der Waals surface area contributed by atoms with Crippen LogP contribution < -0.4 is 4.90 Å². The minimum absolute atomic E-state index is 0.443. The van der Waals surface area contributed by atoms with E-state index in [-0.39, 0.29) is 0 Å². The van der Waals surface area contributed by atoms with E-state index in [1.807, 2.05) is 30.1 Å². The molecule has 3 rings (SSSR count). The van der Waals surface area contributed by atoms with Gasteiger partial charge in [0, 0.05) is 18.1 Å². The van der Waals surface area contributed by atoms with Crippen molar-refractivity contribution in [3.05, 3.63) is 40.7 Å². The zero-order chi connectivity index (χ0) is 14.8. The first-order valence-electron chi connectivity index (χ1n) is 6.98. The summed E-state index contributed by atoms with van der Waals surface area (Å²) in [6.45, 7) is 0.672. The highest BCUT2D eigenvalue weighted by Crippen LogP contribution is 2.37. The van der Waals surface area contributed by atoms with E-state index in [2.05, 4.69) is 9.97 Å². The second-order valence-electron chi connectivity index (χ2n) is 5.27. The number of anilines is 1. The van der Waals surface area contributed by atoms with Crippen molar-refractivity contribution in [3.8, 4) is 0 Å². The minimum Gasteiger partial charge on any atom is -0.481 e. The standard InChI is InChI=1S/C15H17N3O2S/c1-18(9-10-5-2-3-8-16-10)15-17-13-11(14(19)20)6-4-7-12(13)21-15/h2-3,5,8,11H,4,6-7,9H2,1H3,(H,19,20). The quantitative estimate of drug-likeness (QED) is 0.940. The fourth-order valence-electron chi connectivity index (χ4n) is 2.61. The zero-order valence-electron chi connectivity index (χ0n) is 11.8. The maximum Gasteiger partial charge on any atom is 0.312 e. The predicted molar refractivity (Wildman–Crippen MR) is 81.8 cm³/mol. The molecule has 2 aromatic rings. The highest BCUT2D eigenvalue weighted by molar-refractivity contribution is 7.15. The second kappa shape index (κ2) is 5.81. The third-order valence-corrected chi connectivity index (χ3v) is 4.94. The average molecular weight is 303 g/mol. The number of fused-ring (bicyclic) bond motifs is 1. The smallest absolute Gasteiger partial charge is 0.312 e. The van der Waals surface area contributed by atoms with Gasteiger partial charge in [-0.1, -0.05) is 6.07 Å². The van der Waals surface area contributed by atoms with E-state index in [4.69, 9.17) is 0 Å². The van der Waals surface area contributed by atoms with Gasteiger partial charge in [-0.25, -0.2) is 4.98 Å². The molecule has 2 heterocycles. The molecule has 0 bridgehead atoms. The Morgan fingerprint density at radius 3 is 3.10 bits per heavy atom. The van der Waals surface area contributed by atoms with Gasteiger partial charge in [0.05, 0.1) is 17.9 Å². The van der Waals surface area contributed by atoms with Gasteiger partial charge in [-0.3, -0.25) is 9.78 Å². The van der Waals surface area contributed by atoms with Gasteiger partial charge in [-0.2, -0.15) is 0 Å². The molecule has 1 unspecified atom stereocenters. The van der Waals surface area contributed by atoms with Crippen molar-refractivity contribution in [1.82, 2.24) is 9.97 Å². The molecule has 1 aliphatic carbocycles. The summed E-state index contributed by atoms with van der Waals surface area (Å²) in [5.74, 6) is -1.21. The van der Waals surface area contributed by atoms with Crippen molar-refractivity contribution in [1.29, 1.82) is 0 Å². The molecule has 0 saturated heterocycles. The molecule has 1 aliphatic rings. The number of hydrogen-bond donors (Lipinski definition) is 1. The van der Waals surface area contributed by atoms with Crippen LogP contribution in [0.15, 0.2) is 24.4 Å². The van der Waals surface area contributed by atoms with Gasteiger partial charge < -0.3 is 10.0 Å². The topological polar surface area (TPSA) is 66.3 Å². The maximum atomic E-state index is 11.3. The Labute approximate surface area is 127 Å². The van der Waals surface area contributed by atoms with Crippen LogP contribution in [0.3, 0.4) is 0 Å². The van der Waals surface area contributed by atoms with Crippen molar-refractivity contribution < 1.29 is 9.90 Å². The van der Waals surface area contributed by atoms with Crippen molar-refractivity contribution in [3.63, 3.8) is 0 Å². The Bertz CT molecular complexity index is 642. The predicted octanol–water partition coefficient (Wildman–Crippen LogP) is 2.68. The molecule has 0 radical (unpaired) electrons. The fraction of sp³-hybridized carbons (Fsp3) is 0.400. The first kappa shape index (κ1) is 14.0. The number of aryl methyl sites for hydroxylation is 1. The number of carboxylic acids is 1. The summed E-state index contributed by atoms with van der Waals surface area (Å²) < 4.78 is 0. The third-order valence-electron chi connectivity index (χ3n) is 3.69. The van der Waals surface area contributed by atoms with E-state index in [0.717, 1.165) is 34.2 Å². The highest BCUT2D eigenvalue weighted by Gasteiger charge is 2.30. The summed E-state index contributed by atoms with van der Waals surface area (Å²) in [5.41, 5.74) is 1.74. The summed E-state index contributed by atoms with van der Waals surface area (Å²) in [4.78, 5) is 23.4. The Balaban J connectivity index is 1.82. The summed E-state index contributed by atoms with van der Waals surface area (Å²) in [6, 6.07) is 5.83. The molecule has 1 N–H and O–H groups in total. The van der Waals surface area contributed by atoms with Crippen LogP contribution in [0.2, 0.25) is 0 Å². The lowest BCUT2D eigenvalue weighted by Crippen LogP contribution is -2.19. The first-order chi connectivity index (χ1) is 10.1. The fourth-order valence-corrected chi connectivity index (χ4v) is 3.74. The molecule has 0 spiro atoms. The molecule has 1 atom stereocenters. The molecule has 0 fully saturated rings. The van der Waals surface area contributed by atoms with Crippen LogP contribution >= 0.6 is 11.3 Å². The average Bonchev–Trinajstić information content (AvgIpc) is 2.92. The van der Waals surface area contributed by atoms with E-state index >= 15 is 0 Å². The number of carboxylic acid groups (broad SMARTS) is 1. The molecule has 21 heavy (non-hydrogen) atoms. The Kier molecular flexibility index (Phi) is 3.88. The Hall–Kier alpha value is -1.95. The van der Waals surface area contributed by atoms with Crippen LogP contribution in [0.1, 0.15) is 35.0 Å². The van der Waals surface area contributed by atoms with Gasteiger partial charge in [0.1, 0.15) is 5.92 Å². The van der Waals surface area contributed by atoms with Gasteiger partial charge in [0.2, 0.25) is 0 Å². The van der Waals surface area contributed by atoms with Gasteiger partial charge in [0.25, 0.3) is 0 Å². The van der Waals surface area contributed by atoms with Crippen LogP contribution in [0, 0.1) is 0 Å². The Morgan fingerprint density at radius 1 is 1.52 bits per heavy atom. The van der Waals surface area contributed by atoms with E-state index in [0.29, 0.717) is 13.0 Å². The van der Waals surface area contributed by atoms with Crippen LogP contribution in [0.5, 0.6) is 0 Å². The third kappa shape index (κ3) is 2.90. The molecule has 0 amide bonds. The number of aromatic nitrogens is 2. The molecule has 5 nitrogen and oxygen atoms in total. The maximum absolute atomic E-state index is 11.3. The highest BCUT2D eigenvalue weighted by atomic mass is 32.1. The largest absolute Gasteiger partial charge is 0.481 e. The summed E-state index contributed by atoms with van der Waals surface area (Å²) >= 11 is 1.61. The Morgan fingerprint density at radius 2 is 2.38 bits per heavy atom. The molecule has 6 heteroatoms. The molecule has 0 aromatic carbocycles. The van der Waals surface area contributed by atoms with Crippen molar-refractivity contribution in [2.24, 2.45) is 0 Å². The lowest BCUT2D eigenvalue weighted by atomic mass is 9.91. The molecule has 2 aromatic heterocycles.